The van der Waals surface area contributed by atoms with Crippen molar-refractivity contribution in [2.75, 3.05) is 29.5 Å². The number of alkyl halides is 1. The van der Waals surface area contributed by atoms with Crippen molar-refractivity contribution in [2.24, 2.45) is 11.8 Å². The Balaban J connectivity index is 1.51. The molecule has 6 rings (SSSR count). The second-order valence-corrected chi connectivity index (χ2v) is 14.9. The highest BCUT2D eigenvalue weighted by atomic mass is 79.9. The Hall–Kier alpha value is -3.37. The molecule has 3 fully saturated rings. The maximum atomic E-state index is 15.1. The number of amides is 3. The summed E-state index contributed by atoms with van der Waals surface area (Å²) in [6.45, 7) is 7.81. The van der Waals surface area contributed by atoms with Gasteiger partial charge in [0.25, 0.3) is 5.91 Å². The molecule has 2 bridgehead atoms. The van der Waals surface area contributed by atoms with Crippen LogP contribution in [0.25, 0.3) is 0 Å². The normalized spacial score (nSPS) is 26.8. The lowest BCUT2D eigenvalue weighted by Gasteiger charge is -2.40. The number of fused-ring (bicyclic) bond motifs is 1. The van der Waals surface area contributed by atoms with Crippen molar-refractivity contribution in [3.63, 3.8) is 0 Å². The van der Waals surface area contributed by atoms with Crippen LogP contribution in [-0.4, -0.2) is 68.3 Å². The maximum Gasteiger partial charge on any atom is 0.251 e. The molecule has 0 saturated carbocycles. The van der Waals surface area contributed by atoms with Gasteiger partial charge in [-0.1, -0.05) is 100 Å². The molecule has 3 aliphatic heterocycles. The average Bonchev–Trinajstić information content (AvgIpc) is 3.67. The van der Waals surface area contributed by atoms with E-state index in [9.17, 15) is 14.7 Å². The van der Waals surface area contributed by atoms with Crippen LogP contribution in [0.3, 0.4) is 0 Å². The molecule has 1 spiro atoms. The van der Waals surface area contributed by atoms with Crippen LogP contribution >= 0.6 is 39.3 Å². The van der Waals surface area contributed by atoms with E-state index in [4.69, 9.17) is 11.6 Å². The smallest absolute Gasteiger partial charge is 0.251 e. The zero-order valence-electron chi connectivity index (χ0n) is 25.1. The van der Waals surface area contributed by atoms with Gasteiger partial charge >= 0.3 is 0 Å². The van der Waals surface area contributed by atoms with E-state index >= 15 is 4.79 Å². The SMILES string of the molecule is C=CCN(C(=O)[C@H]1[C@@H]2SC3(CC2Br)C(C(=O)N(CC=C)c2ccccc2Cl)N([C@H](CO)c2ccccc2)C(=O)[C@H]13)c1ccccc1. The van der Waals surface area contributed by atoms with E-state index in [1.807, 2.05) is 60.7 Å². The van der Waals surface area contributed by atoms with Gasteiger partial charge in [-0.05, 0) is 36.2 Å². The Morgan fingerprint density at radius 1 is 0.978 bits per heavy atom. The molecule has 3 aliphatic rings. The number of thioether (sulfide) groups is 1. The van der Waals surface area contributed by atoms with Crippen molar-refractivity contribution in [2.45, 2.75) is 33.3 Å². The summed E-state index contributed by atoms with van der Waals surface area (Å²) in [5.74, 6) is -2.32. The molecule has 0 radical (unpaired) electrons. The van der Waals surface area contributed by atoms with Crippen molar-refractivity contribution in [1.82, 2.24) is 4.90 Å². The highest BCUT2D eigenvalue weighted by Gasteiger charge is 2.76. The van der Waals surface area contributed by atoms with E-state index in [1.165, 1.54) is 0 Å². The number of rotatable bonds is 11. The largest absolute Gasteiger partial charge is 0.394 e. The minimum absolute atomic E-state index is 0.121. The molecular weight excluding hydrogens is 686 g/mol. The molecule has 7 atom stereocenters. The first-order valence-electron chi connectivity index (χ1n) is 15.2. The van der Waals surface area contributed by atoms with Crippen LogP contribution in [-0.2, 0) is 14.4 Å². The fourth-order valence-corrected chi connectivity index (χ4v) is 11.3. The lowest BCUT2D eigenvalue weighted by atomic mass is 9.70. The molecule has 10 heteroatoms. The molecule has 3 heterocycles. The Bertz CT molecular complexity index is 1640. The number of carbonyl (C=O) groups excluding carboxylic acids is 3. The minimum Gasteiger partial charge on any atom is -0.394 e. The van der Waals surface area contributed by atoms with Gasteiger partial charge < -0.3 is 19.8 Å². The van der Waals surface area contributed by atoms with Crippen molar-refractivity contribution in [1.29, 1.82) is 0 Å². The number of nitrogens with zero attached hydrogens (tertiary/aromatic N) is 3. The first kappa shape index (κ1) is 32.6. The summed E-state index contributed by atoms with van der Waals surface area (Å²) < 4.78 is -0.938. The monoisotopic (exact) mass is 719 g/mol. The third-order valence-corrected chi connectivity index (χ3v) is 12.8. The first-order valence-corrected chi connectivity index (χ1v) is 17.4. The Morgan fingerprint density at radius 3 is 2.22 bits per heavy atom. The van der Waals surface area contributed by atoms with Gasteiger partial charge in [0.05, 0.1) is 39.9 Å². The summed E-state index contributed by atoms with van der Waals surface area (Å²) in [6.07, 6.45) is 3.80. The number of para-hydroxylation sites is 2. The summed E-state index contributed by atoms with van der Waals surface area (Å²) in [4.78, 5) is 49.4. The van der Waals surface area contributed by atoms with Crippen LogP contribution < -0.4 is 9.80 Å². The van der Waals surface area contributed by atoms with Gasteiger partial charge in [-0.25, -0.2) is 0 Å². The molecule has 3 aromatic rings. The predicted molar refractivity (Wildman–Crippen MR) is 188 cm³/mol. The third-order valence-electron chi connectivity index (χ3n) is 9.31. The minimum atomic E-state index is -0.990. The van der Waals surface area contributed by atoms with E-state index in [0.29, 0.717) is 28.4 Å². The number of likely N-dealkylation sites (tertiary alicyclic amines) is 1. The summed E-state index contributed by atoms with van der Waals surface area (Å²) >= 11 is 12.1. The van der Waals surface area contributed by atoms with Gasteiger partial charge in [-0.3, -0.25) is 14.4 Å². The molecule has 7 nitrogen and oxygen atoms in total. The van der Waals surface area contributed by atoms with E-state index in [2.05, 4.69) is 29.1 Å². The van der Waals surface area contributed by atoms with Crippen LogP contribution in [0.4, 0.5) is 11.4 Å². The number of halogens is 2. The number of hydrogen-bond acceptors (Lipinski definition) is 5. The van der Waals surface area contributed by atoms with E-state index in [-0.39, 0.29) is 40.9 Å². The predicted octanol–water partition coefficient (Wildman–Crippen LogP) is 6.28. The Kier molecular flexibility index (Phi) is 9.48. The number of carbonyl (C=O) groups is 3. The zero-order valence-corrected chi connectivity index (χ0v) is 28.3. The topological polar surface area (TPSA) is 81.2 Å². The van der Waals surface area contributed by atoms with Crippen LogP contribution in [0.15, 0.2) is 110 Å². The molecule has 3 unspecified atom stereocenters. The van der Waals surface area contributed by atoms with Gasteiger partial charge in [0.2, 0.25) is 11.8 Å². The van der Waals surface area contributed by atoms with Gasteiger partial charge in [-0.2, -0.15) is 0 Å². The second kappa shape index (κ2) is 13.4. The van der Waals surface area contributed by atoms with E-state index < -0.39 is 35.3 Å². The Morgan fingerprint density at radius 2 is 1.59 bits per heavy atom. The highest BCUT2D eigenvalue weighted by Crippen LogP contribution is 2.69. The standard InChI is InChI=1S/C36H35BrClN3O4S/c1-3-19-39(24-15-9-6-10-16-24)33(43)29-30-34(44)41(28(22-42)23-13-7-5-8-14-23)32(36(30)21-25(37)31(29)46-36)35(45)40(20-4-2)27-18-12-11-17-26(27)38/h3-18,25,28-32,42H,1-2,19-22H2/t25?,28-,29-,30+,31-,32?,36?/m1/s1. The quantitative estimate of drug-likeness (QED) is 0.187. The number of aliphatic hydroxyl groups is 1. The number of benzene rings is 3. The van der Waals surface area contributed by atoms with Crippen molar-refractivity contribution in [3.05, 3.63) is 121 Å². The van der Waals surface area contributed by atoms with Gasteiger partial charge in [0, 0.05) is 28.9 Å². The fourth-order valence-electron chi connectivity index (χ4n) is 7.49. The molecule has 3 aromatic carbocycles. The number of aliphatic hydroxyl groups excluding tert-OH is 1. The first-order chi connectivity index (χ1) is 22.3. The van der Waals surface area contributed by atoms with Crippen LogP contribution in [0.1, 0.15) is 18.0 Å². The third kappa shape index (κ3) is 5.31. The summed E-state index contributed by atoms with van der Waals surface area (Å²) in [6, 6.07) is 23.9. The van der Waals surface area contributed by atoms with Crippen LogP contribution in [0.5, 0.6) is 0 Å². The van der Waals surface area contributed by atoms with Crippen molar-refractivity contribution < 1.29 is 19.5 Å². The molecule has 1 N–H and O–H groups in total. The average molecular weight is 721 g/mol. The van der Waals surface area contributed by atoms with E-state index in [1.54, 1.807) is 62.9 Å². The molecular formula is C36H35BrClN3O4S. The summed E-state index contributed by atoms with van der Waals surface area (Å²) in [5, 5.41) is 11.0. The summed E-state index contributed by atoms with van der Waals surface area (Å²) in [5.41, 5.74) is 1.92. The molecule has 0 aliphatic carbocycles. The molecule has 3 saturated heterocycles. The fraction of sp³-hybridized carbons (Fsp3) is 0.306. The zero-order chi connectivity index (χ0) is 32.6. The van der Waals surface area contributed by atoms with Crippen LogP contribution in [0, 0.1) is 11.8 Å². The number of anilines is 2. The highest BCUT2D eigenvalue weighted by molar-refractivity contribution is 9.09. The Labute approximate surface area is 287 Å². The molecule has 0 aromatic heterocycles. The lowest BCUT2D eigenvalue weighted by molar-refractivity contribution is -0.142. The van der Waals surface area contributed by atoms with Gasteiger partial charge in [-0.15, -0.1) is 24.9 Å². The van der Waals surface area contributed by atoms with E-state index in [0.717, 1.165) is 0 Å². The second-order valence-electron chi connectivity index (χ2n) is 11.8. The van der Waals surface area contributed by atoms with Crippen molar-refractivity contribution >= 4 is 68.4 Å². The summed E-state index contributed by atoms with van der Waals surface area (Å²) in [7, 11) is 0. The van der Waals surface area contributed by atoms with Crippen molar-refractivity contribution in [3.8, 4) is 0 Å². The van der Waals surface area contributed by atoms with Gasteiger partial charge in [0.15, 0.2) is 0 Å². The maximum absolute atomic E-state index is 15.1. The lowest BCUT2D eigenvalue weighted by Crippen LogP contribution is -2.56. The molecule has 3 amide bonds. The van der Waals surface area contributed by atoms with Crippen LogP contribution in [0.2, 0.25) is 5.02 Å². The molecule has 238 valence electrons. The number of hydrogen-bond donors (Lipinski definition) is 1. The molecule has 46 heavy (non-hydrogen) atoms. The van der Waals surface area contributed by atoms with Gasteiger partial charge in [0.1, 0.15) is 6.04 Å².